The predicted molar refractivity (Wildman–Crippen MR) is 183 cm³/mol. The summed E-state index contributed by atoms with van der Waals surface area (Å²) in [6, 6.07) is 0. The minimum atomic E-state index is -0.782. The molecule has 0 bridgehead atoms. The Morgan fingerprint density at radius 3 is 1.80 bits per heavy atom. The Morgan fingerprint density at radius 1 is 0.727 bits per heavy atom. The molecule has 0 spiro atoms. The first-order chi connectivity index (χ1) is 21.0. The summed E-state index contributed by atoms with van der Waals surface area (Å²) < 4.78 is 25.0. The van der Waals surface area contributed by atoms with E-state index in [1.807, 2.05) is 6.92 Å². The predicted octanol–water partition coefficient (Wildman–Crippen LogP) is 10.3. The number of rotatable bonds is 16. The minimum absolute atomic E-state index is 0.207. The highest BCUT2D eigenvalue weighted by Crippen LogP contribution is 2.41. The topological polar surface area (TPSA) is 57.2 Å². The second-order valence-corrected chi connectivity index (χ2v) is 13.8. The third kappa shape index (κ3) is 12.0. The molecule has 3 unspecified atom stereocenters. The molecule has 0 aromatic heterocycles. The standard InChI is InChI=1S/C39H62O5/c1-28(2)16-13-17-29(3)18-14-19-30(4)20-15-24-39(8,40)25-23-34-33(7)37(43-35-21-9-11-26-41-35)31(5)32(6)38(34)44-36-22-10-12-27-42-36/h16,18,20,35-36,40H,9-15,17,19,21-27H2,1-8H3/b29-18+,30-20+. The Kier molecular flexibility index (Phi) is 15.0. The highest BCUT2D eigenvalue weighted by Gasteiger charge is 2.28. The minimum Gasteiger partial charge on any atom is -0.464 e. The Morgan fingerprint density at radius 2 is 1.25 bits per heavy atom. The van der Waals surface area contributed by atoms with Gasteiger partial charge in [-0.2, -0.15) is 0 Å². The number of ether oxygens (including phenoxy) is 4. The van der Waals surface area contributed by atoms with Gasteiger partial charge in [-0.05, 0) is 149 Å². The summed E-state index contributed by atoms with van der Waals surface area (Å²) in [7, 11) is 0. The number of allylic oxidation sites excluding steroid dienone is 6. The normalized spacial score (nSPS) is 21.1. The van der Waals surface area contributed by atoms with Crippen LogP contribution in [0.15, 0.2) is 34.9 Å². The zero-order valence-corrected chi connectivity index (χ0v) is 29.3. The molecule has 0 aliphatic carbocycles. The highest BCUT2D eigenvalue weighted by molar-refractivity contribution is 5.58. The van der Waals surface area contributed by atoms with Crippen molar-refractivity contribution in [2.24, 2.45) is 0 Å². The van der Waals surface area contributed by atoms with E-state index in [1.165, 1.54) is 16.7 Å². The lowest BCUT2D eigenvalue weighted by atomic mass is 9.88. The molecular weight excluding hydrogens is 548 g/mol. The van der Waals surface area contributed by atoms with E-state index in [0.29, 0.717) is 12.8 Å². The van der Waals surface area contributed by atoms with Gasteiger partial charge in [0.15, 0.2) is 12.6 Å². The van der Waals surface area contributed by atoms with Crippen LogP contribution >= 0.6 is 0 Å². The van der Waals surface area contributed by atoms with Gasteiger partial charge in [0.05, 0.1) is 18.8 Å². The van der Waals surface area contributed by atoms with Crippen LogP contribution < -0.4 is 9.47 Å². The van der Waals surface area contributed by atoms with Crippen molar-refractivity contribution in [2.75, 3.05) is 13.2 Å². The van der Waals surface area contributed by atoms with E-state index >= 15 is 0 Å². The van der Waals surface area contributed by atoms with Crippen LogP contribution in [0, 0.1) is 20.8 Å². The molecule has 248 valence electrons. The summed E-state index contributed by atoms with van der Waals surface area (Å²) in [5.74, 6) is 1.81. The highest BCUT2D eigenvalue weighted by atomic mass is 16.7. The molecule has 2 heterocycles. The largest absolute Gasteiger partial charge is 0.464 e. The molecule has 1 N–H and O–H groups in total. The van der Waals surface area contributed by atoms with E-state index in [9.17, 15) is 5.11 Å². The number of benzene rings is 1. The second-order valence-electron chi connectivity index (χ2n) is 13.8. The van der Waals surface area contributed by atoms with Gasteiger partial charge in [-0.3, -0.25) is 0 Å². The first-order valence-corrected chi connectivity index (χ1v) is 17.3. The lowest BCUT2D eigenvalue weighted by molar-refractivity contribution is -0.108. The van der Waals surface area contributed by atoms with Gasteiger partial charge in [-0.1, -0.05) is 34.9 Å². The van der Waals surface area contributed by atoms with Gasteiger partial charge in [0.1, 0.15) is 11.5 Å². The molecule has 1 aromatic rings. The van der Waals surface area contributed by atoms with E-state index in [0.717, 1.165) is 124 Å². The molecule has 3 atom stereocenters. The van der Waals surface area contributed by atoms with Gasteiger partial charge in [0.25, 0.3) is 0 Å². The monoisotopic (exact) mass is 610 g/mol. The molecule has 0 saturated carbocycles. The van der Waals surface area contributed by atoms with E-state index in [-0.39, 0.29) is 12.6 Å². The van der Waals surface area contributed by atoms with Crippen LogP contribution in [0.5, 0.6) is 11.5 Å². The summed E-state index contributed by atoms with van der Waals surface area (Å²) in [6.45, 7) is 18.6. The first kappa shape index (κ1) is 36.4. The molecule has 5 heteroatoms. The van der Waals surface area contributed by atoms with Gasteiger partial charge in [-0.25, -0.2) is 0 Å². The summed E-state index contributed by atoms with van der Waals surface area (Å²) >= 11 is 0. The van der Waals surface area contributed by atoms with E-state index in [2.05, 4.69) is 66.7 Å². The number of hydrogen-bond acceptors (Lipinski definition) is 5. The lowest BCUT2D eigenvalue weighted by Crippen LogP contribution is -2.28. The van der Waals surface area contributed by atoms with Crippen molar-refractivity contribution in [3.05, 3.63) is 57.2 Å². The fraction of sp³-hybridized carbons (Fsp3) is 0.692. The maximum atomic E-state index is 11.5. The van der Waals surface area contributed by atoms with Gasteiger partial charge in [0, 0.05) is 18.4 Å². The van der Waals surface area contributed by atoms with E-state index in [1.54, 1.807) is 0 Å². The van der Waals surface area contributed by atoms with Crippen molar-refractivity contribution >= 4 is 0 Å². The van der Waals surface area contributed by atoms with Crippen molar-refractivity contribution in [1.29, 1.82) is 0 Å². The second kappa shape index (κ2) is 18.2. The van der Waals surface area contributed by atoms with Crippen molar-refractivity contribution in [3.8, 4) is 11.5 Å². The van der Waals surface area contributed by atoms with Crippen molar-refractivity contribution in [2.45, 2.75) is 163 Å². The van der Waals surface area contributed by atoms with Crippen molar-refractivity contribution < 1.29 is 24.1 Å². The summed E-state index contributed by atoms with van der Waals surface area (Å²) in [5.41, 5.74) is 7.86. The summed E-state index contributed by atoms with van der Waals surface area (Å²) in [4.78, 5) is 0. The fourth-order valence-corrected chi connectivity index (χ4v) is 6.15. The van der Waals surface area contributed by atoms with E-state index < -0.39 is 5.60 Å². The molecule has 2 saturated heterocycles. The molecule has 2 fully saturated rings. The van der Waals surface area contributed by atoms with Crippen LogP contribution in [0.1, 0.15) is 140 Å². The van der Waals surface area contributed by atoms with Gasteiger partial charge < -0.3 is 24.1 Å². The molecule has 2 aliphatic rings. The third-order valence-corrected chi connectivity index (χ3v) is 9.30. The van der Waals surface area contributed by atoms with Crippen LogP contribution in [0.3, 0.4) is 0 Å². The Balaban J connectivity index is 1.65. The quantitative estimate of drug-likeness (QED) is 0.189. The van der Waals surface area contributed by atoms with Crippen LogP contribution in [0.25, 0.3) is 0 Å². The maximum absolute atomic E-state index is 11.5. The van der Waals surface area contributed by atoms with Crippen LogP contribution in [-0.2, 0) is 15.9 Å². The average Bonchev–Trinajstić information content (AvgIpc) is 2.98. The number of hydrogen-bond donors (Lipinski definition) is 1. The smallest absolute Gasteiger partial charge is 0.199 e. The zero-order valence-electron chi connectivity index (χ0n) is 29.3. The summed E-state index contributed by atoms with van der Waals surface area (Å²) in [6.07, 6.45) is 20.2. The number of aliphatic hydroxyl groups is 1. The van der Waals surface area contributed by atoms with Gasteiger partial charge in [-0.15, -0.1) is 0 Å². The summed E-state index contributed by atoms with van der Waals surface area (Å²) in [5, 5.41) is 11.5. The Bertz CT molecular complexity index is 1130. The molecule has 2 aliphatic heterocycles. The average molecular weight is 611 g/mol. The fourth-order valence-electron chi connectivity index (χ4n) is 6.15. The van der Waals surface area contributed by atoms with Gasteiger partial charge >= 0.3 is 0 Å². The van der Waals surface area contributed by atoms with E-state index in [4.69, 9.17) is 18.9 Å². The molecule has 3 rings (SSSR count). The van der Waals surface area contributed by atoms with Crippen molar-refractivity contribution in [3.63, 3.8) is 0 Å². The van der Waals surface area contributed by atoms with Gasteiger partial charge in [0.2, 0.25) is 0 Å². The molecule has 0 radical (unpaired) electrons. The molecule has 1 aromatic carbocycles. The molecule has 44 heavy (non-hydrogen) atoms. The Hall–Kier alpha value is -2.08. The maximum Gasteiger partial charge on any atom is 0.199 e. The van der Waals surface area contributed by atoms with Crippen LogP contribution in [0.2, 0.25) is 0 Å². The first-order valence-electron chi connectivity index (χ1n) is 17.3. The third-order valence-electron chi connectivity index (χ3n) is 9.30. The molecule has 5 nitrogen and oxygen atoms in total. The lowest BCUT2D eigenvalue weighted by Gasteiger charge is -2.31. The Labute approximate surface area is 269 Å². The molecule has 0 amide bonds. The van der Waals surface area contributed by atoms with Crippen LogP contribution in [-0.4, -0.2) is 36.5 Å². The molecular formula is C39H62O5. The van der Waals surface area contributed by atoms with Crippen LogP contribution in [0.4, 0.5) is 0 Å². The zero-order chi connectivity index (χ0) is 32.1. The SMILES string of the molecule is CC(C)=CCC/C(C)=C/CC/C(C)=C/CCC(C)(O)CCc1c(C)c(OC2CCCCO2)c(C)c(C)c1OC1CCCCO1. The van der Waals surface area contributed by atoms with Crippen molar-refractivity contribution in [1.82, 2.24) is 0 Å².